The van der Waals surface area contributed by atoms with Crippen LogP contribution in [0.15, 0.2) is 53.4 Å². The Morgan fingerprint density at radius 3 is 2.34 bits per heavy atom. The summed E-state index contributed by atoms with van der Waals surface area (Å²) in [4.78, 5) is 14.4. The number of amides is 1. The minimum absolute atomic E-state index is 0.139. The molecule has 1 aliphatic rings. The Morgan fingerprint density at radius 2 is 1.72 bits per heavy atom. The summed E-state index contributed by atoms with van der Waals surface area (Å²) in [7, 11) is -2.01. The third-order valence-electron chi connectivity index (χ3n) is 5.23. The molecule has 2 aromatic rings. The van der Waals surface area contributed by atoms with E-state index in [1.54, 1.807) is 31.3 Å². The van der Waals surface area contributed by atoms with E-state index < -0.39 is 10.0 Å². The number of benzene rings is 2. The van der Waals surface area contributed by atoms with Gasteiger partial charge in [0.1, 0.15) is 5.82 Å². The molecule has 5 nitrogen and oxygen atoms in total. The van der Waals surface area contributed by atoms with Crippen LogP contribution < -0.4 is 0 Å². The number of carbonyl (C=O) groups excluding carboxylic acids is 1. The van der Waals surface area contributed by atoms with Crippen molar-refractivity contribution in [1.29, 1.82) is 0 Å². The van der Waals surface area contributed by atoms with Gasteiger partial charge in [0.2, 0.25) is 10.0 Å². The van der Waals surface area contributed by atoms with Gasteiger partial charge in [0, 0.05) is 32.2 Å². The molecule has 3 rings (SSSR count). The molecule has 0 unspecified atom stereocenters. The predicted molar refractivity (Wildman–Crippen MR) is 110 cm³/mol. The summed E-state index contributed by atoms with van der Waals surface area (Å²) < 4.78 is 40.8. The van der Waals surface area contributed by atoms with Gasteiger partial charge in [-0.15, -0.1) is 0 Å². The lowest BCUT2D eigenvalue weighted by Gasteiger charge is -2.34. The number of carbonyl (C=O) groups is 1. The van der Waals surface area contributed by atoms with Crippen LogP contribution in [0.2, 0.25) is 0 Å². The molecule has 0 radical (unpaired) electrons. The highest BCUT2D eigenvalue weighted by Crippen LogP contribution is 2.27. The number of piperidine rings is 1. The summed E-state index contributed by atoms with van der Waals surface area (Å²) >= 11 is 0. The lowest BCUT2D eigenvalue weighted by atomic mass is 9.94. The Morgan fingerprint density at radius 1 is 1.10 bits per heavy atom. The van der Waals surface area contributed by atoms with Gasteiger partial charge in [0.15, 0.2) is 0 Å². The van der Waals surface area contributed by atoms with Crippen LogP contribution in [0.1, 0.15) is 36.2 Å². The van der Waals surface area contributed by atoms with E-state index in [0.717, 1.165) is 12.0 Å². The van der Waals surface area contributed by atoms with Gasteiger partial charge < -0.3 is 4.90 Å². The Bertz CT molecular complexity index is 966. The first-order valence-corrected chi connectivity index (χ1v) is 11.2. The highest BCUT2D eigenvalue weighted by Gasteiger charge is 2.32. The van der Waals surface area contributed by atoms with Crippen molar-refractivity contribution in [2.45, 2.75) is 31.7 Å². The van der Waals surface area contributed by atoms with E-state index in [9.17, 15) is 17.6 Å². The molecule has 0 saturated carbocycles. The third kappa shape index (κ3) is 5.03. The highest BCUT2D eigenvalue weighted by atomic mass is 32.2. The molecule has 156 valence electrons. The van der Waals surface area contributed by atoms with Crippen LogP contribution in [0.3, 0.4) is 0 Å². The quantitative estimate of drug-likeness (QED) is 0.743. The highest BCUT2D eigenvalue weighted by molar-refractivity contribution is 7.89. The molecule has 1 saturated heterocycles. The van der Waals surface area contributed by atoms with E-state index in [1.807, 2.05) is 0 Å². The van der Waals surface area contributed by atoms with Crippen molar-refractivity contribution in [3.05, 3.63) is 65.5 Å². The Kier molecular flexibility index (Phi) is 6.39. The van der Waals surface area contributed by atoms with Crippen molar-refractivity contribution in [3.8, 4) is 0 Å². The minimum Gasteiger partial charge on any atom is -0.337 e. The largest absolute Gasteiger partial charge is 0.337 e. The average molecular weight is 419 g/mol. The van der Waals surface area contributed by atoms with Crippen LogP contribution in [0, 0.1) is 17.7 Å². The fourth-order valence-corrected chi connectivity index (χ4v) is 5.62. The van der Waals surface area contributed by atoms with Gasteiger partial charge >= 0.3 is 0 Å². The van der Waals surface area contributed by atoms with Crippen LogP contribution >= 0.6 is 0 Å². The lowest BCUT2D eigenvalue weighted by molar-refractivity contribution is 0.0785. The van der Waals surface area contributed by atoms with Gasteiger partial charge in [-0.1, -0.05) is 32.0 Å². The molecule has 1 amide bonds. The van der Waals surface area contributed by atoms with Gasteiger partial charge in [-0.25, -0.2) is 12.8 Å². The number of halogens is 1. The molecule has 1 aliphatic heterocycles. The maximum Gasteiger partial charge on any atom is 0.253 e. The molecule has 0 aliphatic carbocycles. The number of hydrogen-bond donors (Lipinski definition) is 0. The SMILES string of the molecule is C[C@@H]1C[C@@H](C)CN(S(=O)(=O)c2cccc(C(=O)N(C)Cc3ccc(F)cc3)c2)C1. The fourth-order valence-electron chi connectivity index (χ4n) is 3.90. The lowest BCUT2D eigenvalue weighted by Crippen LogP contribution is -2.42. The summed E-state index contributed by atoms with van der Waals surface area (Å²) in [5, 5.41) is 0. The third-order valence-corrected chi connectivity index (χ3v) is 7.06. The monoisotopic (exact) mass is 418 g/mol. The van der Waals surface area contributed by atoms with E-state index >= 15 is 0 Å². The summed E-state index contributed by atoms with van der Waals surface area (Å²) in [6.07, 6.45) is 1.01. The average Bonchev–Trinajstić information content (AvgIpc) is 2.68. The normalized spacial score (nSPS) is 20.4. The zero-order valence-corrected chi connectivity index (χ0v) is 17.8. The summed E-state index contributed by atoms with van der Waals surface area (Å²) in [6.45, 7) is 5.41. The number of rotatable bonds is 5. The van der Waals surface area contributed by atoms with Crippen molar-refractivity contribution in [2.75, 3.05) is 20.1 Å². The van der Waals surface area contributed by atoms with Crippen molar-refractivity contribution < 1.29 is 17.6 Å². The van der Waals surface area contributed by atoms with Crippen molar-refractivity contribution in [2.24, 2.45) is 11.8 Å². The maximum atomic E-state index is 13.1. The molecule has 0 N–H and O–H groups in total. The Hall–Kier alpha value is -2.25. The summed E-state index contributed by atoms with van der Waals surface area (Å²) in [5.74, 6) is -0.00546. The van der Waals surface area contributed by atoms with Gasteiger partial charge in [0.05, 0.1) is 4.90 Å². The van der Waals surface area contributed by atoms with Crippen molar-refractivity contribution in [1.82, 2.24) is 9.21 Å². The van der Waals surface area contributed by atoms with Crippen LogP contribution in [0.25, 0.3) is 0 Å². The molecule has 29 heavy (non-hydrogen) atoms. The second-order valence-corrected chi connectivity index (χ2v) is 10.0. The van der Waals surface area contributed by atoms with E-state index in [0.29, 0.717) is 37.0 Å². The first-order valence-electron chi connectivity index (χ1n) is 9.77. The first-order chi connectivity index (χ1) is 13.7. The Balaban J connectivity index is 1.79. The molecular weight excluding hydrogens is 391 g/mol. The van der Waals surface area contributed by atoms with Gasteiger partial charge in [-0.05, 0) is 54.2 Å². The second-order valence-electron chi connectivity index (χ2n) is 8.08. The minimum atomic E-state index is -3.65. The van der Waals surface area contributed by atoms with Crippen LogP contribution in [-0.4, -0.2) is 43.7 Å². The fraction of sp³-hybridized carbons (Fsp3) is 0.409. The Labute approximate surface area is 172 Å². The van der Waals surface area contributed by atoms with E-state index in [2.05, 4.69) is 13.8 Å². The summed E-state index contributed by atoms with van der Waals surface area (Å²) in [5.41, 5.74) is 1.11. The molecule has 0 bridgehead atoms. The van der Waals surface area contributed by atoms with Crippen molar-refractivity contribution in [3.63, 3.8) is 0 Å². The van der Waals surface area contributed by atoms with Gasteiger partial charge in [0.25, 0.3) is 5.91 Å². The smallest absolute Gasteiger partial charge is 0.253 e. The number of sulfonamides is 1. The molecule has 1 heterocycles. The first kappa shape index (κ1) is 21.5. The molecule has 0 aromatic heterocycles. The topological polar surface area (TPSA) is 57.7 Å². The van der Waals surface area contributed by atoms with Crippen LogP contribution in [0.5, 0.6) is 0 Å². The summed E-state index contributed by atoms with van der Waals surface area (Å²) in [6, 6.07) is 12.1. The van der Waals surface area contributed by atoms with Gasteiger partial charge in [-0.3, -0.25) is 4.79 Å². The molecule has 2 atom stereocenters. The van der Waals surface area contributed by atoms with E-state index in [4.69, 9.17) is 0 Å². The number of nitrogens with zero attached hydrogens (tertiary/aromatic N) is 2. The maximum absolute atomic E-state index is 13.1. The molecule has 7 heteroatoms. The molecule has 0 spiro atoms. The van der Waals surface area contributed by atoms with E-state index in [1.165, 1.54) is 33.5 Å². The van der Waals surface area contributed by atoms with Crippen molar-refractivity contribution >= 4 is 15.9 Å². The van der Waals surface area contributed by atoms with Gasteiger partial charge in [-0.2, -0.15) is 4.31 Å². The molecule has 1 fully saturated rings. The van der Waals surface area contributed by atoms with Crippen LogP contribution in [-0.2, 0) is 16.6 Å². The van der Waals surface area contributed by atoms with Crippen LogP contribution in [0.4, 0.5) is 4.39 Å². The molecule has 2 aromatic carbocycles. The number of hydrogen-bond acceptors (Lipinski definition) is 3. The predicted octanol–water partition coefficient (Wildman–Crippen LogP) is 3.76. The zero-order valence-electron chi connectivity index (χ0n) is 17.0. The van der Waals surface area contributed by atoms with E-state index in [-0.39, 0.29) is 16.6 Å². The zero-order chi connectivity index (χ0) is 21.2. The molecular formula is C22H27FN2O3S. The standard InChI is InChI=1S/C22H27FN2O3S/c1-16-11-17(2)14-25(13-16)29(27,28)21-6-4-5-19(12-21)22(26)24(3)15-18-7-9-20(23)10-8-18/h4-10,12,16-17H,11,13-15H2,1-3H3/t16-,17-/m1/s1. The second kappa shape index (κ2) is 8.63.